The highest BCUT2D eigenvalue weighted by Crippen LogP contribution is 2.75. The second-order valence-electron chi connectivity index (χ2n) is 7.52. The minimum atomic E-state index is -2.13. The molecule has 0 bridgehead atoms. The zero-order valence-electron chi connectivity index (χ0n) is 15.4. The van der Waals surface area contributed by atoms with Crippen LogP contribution in [0.25, 0.3) is 0 Å². The molecule has 1 aromatic carbocycles. The van der Waals surface area contributed by atoms with Crippen LogP contribution >= 0.6 is 9.16 Å². The van der Waals surface area contributed by atoms with Gasteiger partial charge in [-0.1, -0.05) is 64.8 Å². The van der Waals surface area contributed by atoms with Gasteiger partial charge in [0.15, 0.2) is 0 Å². The minimum absolute atomic E-state index is 0.199. The topological polar surface area (TPSA) is 20.2 Å². The Labute approximate surface area is 137 Å². The lowest BCUT2D eigenvalue weighted by Gasteiger charge is -2.64. The third-order valence-electron chi connectivity index (χ3n) is 5.97. The molecule has 0 radical (unpaired) electrons. The molecule has 1 nitrogen and oxygen atoms in total. The van der Waals surface area contributed by atoms with E-state index in [1.807, 2.05) is 0 Å². The standard InChI is InChI=1S/C20H34OS/c1-16(2)22(7,17(3)4,18(5)6)15-13-20-10-8-19(9-11-20)12-14-21/h8-11,16-18,21-22H,12,14H2,1-7H3. The van der Waals surface area contributed by atoms with Crippen molar-refractivity contribution in [2.75, 3.05) is 12.9 Å². The molecule has 0 spiro atoms. The average Bonchev–Trinajstić information content (AvgIpc) is 2.46. The van der Waals surface area contributed by atoms with Crippen molar-refractivity contribution in [3.63, 3.8) is 0 Å². The molecule has 0 aliphatic carbocycles. The van der Waals surface area contributed by atoms with Crippen molar-refractivity contribution >= 4 is 9.16 Å². The van der Waals surface area contributed by atoms with Crippen molar-refractivity contribution in [1.29, 1.82) is 0 Å². The van der Waals surface area contributed by atoms with Crippen molar-refractivity contribution in [1.82, 2.24) is 0 Å². The number of benzene rings is 1. The first-order valence-electron chi connectivity index (χ1n) is 8.40. The summed E-state index contributed by atoms with van der Waals surface area (Å²) < 4.78 is 0. The Morgan fingerprint density at radius 3 is 1.73 bits per heavy atom. The first-order valence-corrected chi connectivity index (χ1v) is 11.3. The average molecular weight is 323 g/mol. The summed E-state index contributed by atoms with van der Waals surface area (Å²) in [5, 5.41) is 14.6. The van der Waals surface area contributed by atoms with Crippen molar-refractivity contribution in [3.8, 4) is 11.2 Å². The van der Waals surface area contributed by atoms with E-state index in [2.05, 4.69) is 83.2 Å². The van der Waals surface area contributed by atoms with Crippen LogP contribution < -0.4 is 0 Å². The maximum Gasteiger partial charge on any atom is 0.0471 e. The van der Waals surface area contributed by atoms with Gasteiger partial charge in [0.05, 0.1) is 0 Å². The van der Waals surface area contributed by atoms with E-state index in [0.29, 0.717) is 22.2 Å². The summed E-state index contributed by atoms with van der Waals surface area (Å²) in [5.74, 6) is 3.48. The molecule has 2 heteroatoms. The van der Waals surface area contributed by atoms with Crippen LogP contribution in [0.2, 0.25) is 0 Å². The van der Waals surface area contributed by atoms with Gasteiger partial charge in [-0.15, -0.1) is 0 Å². The first kappa shape index (κ1) is 19.1. The largest absolute Gasteiger partial charge is 0.396 e. The lowest BCUT2D eigenvalue weighted by atomic mass is 10.1. The molecule has 22 heavy (non-hydrogen) atoms. The van der Waals surface area contributed by atoms with Crippen molar-refractivity contribution in [3.05, 3.63) is 35.4 Å². The van der Waals surface area contributed by atoms with E-state index in [4.69, 9.17) is 5.11 Å². The Kier molecular flexibility index (Phi) is 6.18. The number of thiol groups is 1. The van der Waals surface area contributed by atoms with E-state index >= 15 is 0 Å². The van der Waals surface area contributed by atoms with Gasteiger partial charge in [-0.25, -0.2) is 9.16 Å². The highest BCUT2D eigenvalue weighted by atomic mass is 32.3. The van der Waals surface area contributed by atoms with Gasteiger partial charge in [0, 0.05) is 12.2 Å². The van der Waals surface area contributed by atoms with Gasteiger partial charge >= 0.3 is 0 Å². The molecule has 126 valence electrons. The van der Waals surface area contributed by atoms with Crippen molar-refractivity contribution in [2.24, 2.45) is 0 Å². The van der Waals surface area contributed by atoms with E-state index in [-0.39, 0.29) is 6.61 Å². The fourth-order valence-electron chi connectivity index (χ4n) is 3.28. The van der Waals surface area contributed by atoms with Gasteiger partial charge in [-0.3, -0.25) is 0 Å². The Balaban J connectivity index is 3.27. The number of rotatable bonds is 5. The quantitative estimate of drug-likeness (QED) is 0.606. The van der Waals surface area contributed by atoms with Crippen LogP contribution in [0.5, 0.6) is 0 Å². The van der Waals surface area contributed by atoms with Gasteiger partial charge in [-0.05, 0) is 46.1 Å². The molecule has 0 fully saturated rings. The highest BCUT2D eigenvalue weighted by Gasteiger charge is 2.44. The van der Waals surface area contributed by atoms with Gasteiger partial charge < -0.3 is 5.11 Å². The number of hydrogen-bond donors (Lipinski definition) is 2. The van der Waals surface area contributed by atoms with Crippen LogP contribution in [-0.4, -0.2) is 33.7 Å². The lowest BCUT2D eigenvalue weighted by molar-refractivity contribution is 0.299. The number of hydrogen-bond acceptors (Lipinski definition) is 1. The fourth-order valence-corrected chi connectivity index (χ4v) is 8.06. The van der Waals surface area contributed by atoms with Gasteiger partial charge in [0.1, 0.15) is 0 Å². The van der Waals surface area contributed by atoms with Gasteiger partial charge in [-0.2, -0.15) is 0 Å². The maximum atomic E-state index is 8.99. The van der Waals surface area contributed by atoms with E-state index in [0.717, 1.165) is 5.56 Å². The first-order chi connectivity index (χ1) is 10.2. The molecule has 0 aliphatic rings. The van der Waals surface area contributed by atoms with E-state index in [1.54, 1.807) is 0 Å². The third kappa shape index (κ3) is 3.36. The smallest absolute Gasteiger partial charge is 0.0471 e. The van der Waals surface area contributed by atoms with Crippen LogP contribution in [0.4, 0.5) is 0 Å². The second-order valence-corrected chi connectivity index (χ2v) is 14.5. The van der Waals surface area contributed by atoms with E-state index in [1.165, 1.54) is 5.56 Å². The summed E-state index contributed by atoms with van der Waals surface area (Å²) in [5.41, 5.74) is 2.25. The monoisotopic (exact) mass is 322 g/mol. The zero-order chi connectivity index (χ0) is 17.0. The number of aliphatic hydroxyl groups is 1. The van der Waals surface area contributed by atoms with Crippen LogP contribution in [0.1, 0.15) is 52.7 Å². The number of aliphatic hydroxyl groups excluding tert-OH is 1. The fraction of sp³-hybridized carbons (Fsp3) is 0.600. The van der Waals surface area contributed by atoms with Gasteiger partial charge in [0.2, 0.25) is 0 Å². The van der Waals surface area contributed by atoms with Crippen LogP contribution in [-0.2, 0) is 6.42 Å². The Morgan fingerprint density at radius 2 is 1.36 bits per heavy atom. The second kappa shape index (κ2) is 7.11. The molecule has 0 saturated carbocycles. The molecule has 0 aliphatic heterocycles. The molecule has 0 saturated heterocycles. The molecule has 0 atom stereocenters. The summed E-state index contributed by atoms with van der Waals surface area (Å²) >= 11 is 0. The molecule has 0 amide bonds. The zero-order valence-corrected chi connectivity index (χ0v) is 16.2. The van der Waals surface area contributed by atoms with Crippen LogP contribution in [0.15, 0.2) is 24.3 Å². The van der Waals surface area contributed by atoms with Crippen molar-refractivity contribution < 1.29 is 5.11 Å². The summed E-state index contributed by atoms with van der Waals surface area (Å²) in [6.07, 6.45) is 3.18. The summed E-state index contributed by atoms with van der Waals surface area (Å²) in [6.45, 7) is 14.3. The molecular weight excluding hydrogens is 288 g/mol. The SMILES string of the molecule is CC(C)[SH](C)(C#Cc1ccc(CCO)cc1)(C(C)C)C(C)C. The molecular formula is C20H34OS. The normalized spacial score (nSPS) is 13.9. The summed E-state index contributed by atoms with van der Waals surface area (Å²) in [4.78, 5) is 0. The van der Waals surface area contributed by atoms with Crippen LogP contribution in [0, 0.1) is 11.2 Å². The van der Waals surface area contributed by atoms with Crippen molar-refractivity contribution in [2.45, 2.75) is 63.7 Å². The van der Waals surface area contributed by atoms with Crippen LogP contribution in [0.3, 0.4) is 0 Å². The Hall–Kier alpha value is -0.910. The third-order valence-corrected chi connectivity index (χ3v) is 14.9. The predicted octanol–water partition coefficient (Wildman–Crippen LogP) is 4.46. The van der Waals surface area contributed by atoms with E-state index in [9.17, 15) is 0 Å². The summed E-state index contributed by atoms with van der Waals surface area (Å²) in [6, 6.07) is 8.32. The Morgan fingerprint density at radius 1 is 0.909 bits per heavy atom. The summed E-state index contributed by atoms with van der Waals surface area (Å²) in [7, 11) is -2.13. The molecule has 0 heterocycles. The molecule has 0 aromatic heterocycles. The molecule has 1 aromatic rings. The minimum Gasteiger partial charge on any atom is -0.396 e. The highest BCUT2D eigenvalue weighted by molar-refractivity contribution is 8.53. The molecule has 1 rings (SSSR count). The maximum absolute atomic E-state index is 8.99. The molecule has 1 N–H and O–H groups in total. The van der Waals surface area contributed by atoms with E-state index < -0.39 is 9.16 Å². The lowest BCUT2D eigenvalue weighted by Crippen LogP contribution is -2.39. The predicted molar refractivity (Wildman–Crippen MR) is 104 cm³/mol. The molecule has 0 unspecified atom stereocenters. The Bertz CT molecular complexity index is 519. The van der Waals surface area contributed by atoms with Gasteiger partial charge in [0.25, 0.3) is 0 Å².